The molecule has 0 unspecified atom stereocenters. The van der Waals surface area contributed by atoms with Crippen molar-refractivity contribution >= 4 is 605 Å². The van der Waals surface area contributed by atoms with Crippen molar-refractivity contribution in [2.45, 2.75) is 22.0 Å². The van der Waals surface area contributed by atoms with Crippen LogP contribution in [0.25, 0.3) is 582 Å². The largest absolute Gasteiger partial charge is 0.457 e. The average Bonchev–Trinajstić information content (AvgIpc) is 1.38. The van der Waals surface area contributed by atoms with Gasteiger partial charge < -0.3 is 19.1 Å². The Morgan fingerprint density at radius 1 is 0.142 bits per heavy atom. The highest BCUT2D eigenvalue weighted by atomic mass is 16.7. The lowest BCUT2D eigenvalue weighted by Gasteiger charge is -2.47. The average molecular weight is 1640 g/mol. The Morgan fingerprint density at radius 3 is 0.336 bits per heavy atom. The van der Waals surface area contributed by atoms with E-state index in [-0.39, 0.29) is 13.2 Å². The fraction of sp³-hybridized carbons (Fsp3) is 0.0476. The summed E-state index contributed by atoms with van der Waals surface area (Å²) in [4.78, 5) is 52.2. The summed E-state index contributed by atoms with van der Waals surface area (Å²) >= 11 is 0. The summed E-state index contributed by atoms with van der Waals surface area (Å²) in [5.74, 6) is -1.00. The summed E-state index contributed by atoms with van der Waals surface area (Å²) in [5.41, 5.74) is 5.56. The van der Waals surface area contributed by atoms with E-state index < -0.39 is 34.0 Å². The Morgan fingerprint density at radius 2 is 0.231 bits per heavy atom. The molecular weight excluding hydrogens is 1640 g/mol. The Hall–Kier alpha value is -17.2. The van der Waals surface area contributed by atoms with Crippen molar-refractivity contribution in [3.8, 4) is 0 Å². The first kappa shape index (κ1) is 48.4. The Labute approximate surface area is 718 Å². The van der Waals surface area contributed by atoms with Gasteiger partial charge in [0, 0.05) is 22.3 Å². The molecule has 2 aliphatic heterocycles. The Kier molecular flexibility index (Phi) is 3.93. The van der Waals surface area contributed by atoms with Crippen LogP contribution in [0.1, 0.15) is 44.5 Å². The second-order valence-corrected chi connectivity index (χ2v) is 48.7. The maximum absolute atomic E-state index is 17.8. The van der Waals surface area contributed by atoms with E-state index >= 15 is 9.59 Å². The van der Waals surface area contributed by atoms with Crippen LogP contribution < -0.4 is 0 Å². The van der Waals surface area contributed by atoms with Crippen molar-refractivity contribution in [3.05, 3.63) is 44.5 Å². The van der Waals surface area contributed by atoms with E-state index in [2.05, 4.69) is 0 Å². The Bertz CT molecular complexity index is 14900. The molecular formula is C126H4N2O6. The first-order chi connectivity index (χ1) is 66.7. The highest BCUT2D eigenvalue weighted by molar-refractivity contribution is 6.88. The zero-order valence-corrected chi connectivity index (χ0v) is 66.8. The predicted molar refractivity (Wildman–Crippen MR) is 547 cm³/mol. The van der Waals surface area contributed by atoms with E-state index in [1.165, 1.54) is 497 Å². The van der Waals surface area contributed by atoms with E-state index in [9.17, 15) is 0 Å². The monoisotopic (exact) mass is 1640 g/mol. The Balaban J connectivity index is 0.485. The summed E-state index contributed by atoms with van der Waals surface area (Å²) in [6.07, 6.45) is 0. The van der Waals surface area contributed by atoms with E-state index in [1.807, 2.05) is 0 Å². The number of rotatable bonds is 5. The molecule has 66 rings (SSSR count). The molecule has 4 spiro atoms. The number of carbonyl (C=O) groups is 2. The van der Waals surface area contributed by atoms with Gasteiger partial charge in [-0.05, 0) is 604 Å². The zero-order chi connectivity index (χ0) is 78.9. The van der Waals surface area contributed by atoms with Gasteiger partial charge in [0.15, 0.2) is 11.4 Å². The number of ether oxygens (including phenoxy) is 2. The zero-order valence-electron chi connectivity index (χ0n) is 66.8. The first-order valence-electron chi connectivity index (χ1n) is 49.1. The smallest absolute Gasteiger partial charge is 0.357 e. The molecule has 10 aliphatic rings. The first-order valence-corrected chi connectivity index (χ1v) is 49.1. The van der Waals surface area contributed by atoms with Crippen LogP contribution in [0.4, 0.5) is 0 Å². The van der Waals surface area contributed by atoms with Crippen LogP contribution in [0, 0.1) is 0 Å². The summed E-state index contributed by atoms with van der Waals surface area (Å²) in [5, 5.41) is 171. The molecule has 56 aromatic rings. The van der Waals surface area contributed by atoms with Crippen molar-refractivity contribution < 1.29 is 28.7 Å². The summed E-state index contributed by atoms with van der Waals surface area (Å²) in [6, 6.07) is 0. The molecule has 0 radical (unpaired) electrons. The van der Waals surface area contributed by atoms with Crippen LogP contribution in [-0.4, -0.2) is 36.6 Å². The SMILES string of the molecule is O=C(OCCOC(=O)C1=NOC23c4c5c6c7c8c9c(c%10c%11c2c2c4c4c%12c5c5c6c6c8c8c%13c9c9c%10c%10c%11c%11c2c2c4c4c%12c%12c5c5c6c8c6c8c%13c9c9c%10c%10c%11c2c2c4c4c%12c5c6c5c8c9c%10c2c45)C173)C1=NOC23c4c5c6c7c8c9c(c%10c%11c2c2c4c4c%12c5c5c6c6c8c8c%13c9c9c%10c%10c%11c%11c2c2c4c4c%12c%12c5c5c6c8c6c8c%13c9c9c%10c%10c%11c2c2c4c4c%12c5c6c5c8c9c%10c2c45)C173. The van der Waals surface area contributed by atoms with Crippen molar-refractivity contribution in [1.29, 1.82) is 0 Å². The third-order valence-corrected chi connectivity index (χ3v) is 48.7. The molecule has 0 N–H and O–H groups in total. The number of hydrogen-bond acceptors (Lipinski definition) is 8. The van der Waals surface area contributed by atoms with Gasteiger partial charge in [-0.1, -0.05) is 10.3 Å². The molecule has 554 valence electrons. The van der Waals surface area contributed by atoms with Crippen LogP contribution in [0.2, 0.25) is 0 Å². The second kappa shape index (κ2) is 10.9. The summed E-state index contributed by atoms with van der Waals surface area (Å²) in [6.45, 7) is -0.415. The van der Waals surface area contributed by atoms with E-state index in [0.717, 1.165) is 0 Å². The number of oxime groups is 2. The fourth-order valence-corrected chi connectivity index (χ4v) is 48.6. The topological polar surface area (TPSA) is 95.8 Å². The lowest BCUT2D eigenvalue weighted by atomic mass is 9.53. The quantitative estimate of drug-likeness (QED) is 0.0968. The normalized spacial score (nSPS) is 22.9. The van der Waals surface area contributed by atoms with Crippen molar-refractivity contribution in [2.24, 2.45) is 10.3 Å². The van der Waals surface area contributed by atoms with Gasteiger partial charge in [-0.2, -0.15) is 0 Å². The fourth-order valence-electron chi connectivity index (χ4n) is 48.6. The minimum Gasteiger partial charge on any atom is -0.457 e. The van der Waals surface area contributed by atoms with E-state index in [1.54, 1.807) is 129 Å². The highest BCUT2D eigenvalue weighted by Gasteiger charge is 2.81. The number of nitrogens with zero attached hydrogens (tertiary/aromatic N) is 2. The van der Waals surface area contributed by atoms with Gasteiger partial charge in [-0.3, -0.25) is 0 Å². The standard InChI is InChI=1S/C126H4N2O6/c129-121(119-123-111-95-79-59-39-23-7-3-5-11-19-15(7)31-47-35(19)55-43-27(11)28-12(5)20-16-8(3)24(23)40-52-32(16)48-36(20)56-44(28)64-63(43)87-75(55)91-71(47)83(67(79)51(31)39)99(111)103(91)115-107(87)108-88(64)76(56)92-72(48)84-68(52)80(60(40)59)96(95)112(123)100(84)104(92)116(108)125(115,123)133-127-119)131-1-2-132-122(130)120-124-113-97-81-61-41-25-9-4-6-13-21-17(9)33-49-37(21)57-45-29(13)30-14(6)22-18-10(4)26(25)42-54-34(18)50-38(22)58-46(30)66-65(45)89-77(57)93-73(49)85(69(81)53(33)41)101(113)105(93)117-109(89)110-90(66)78(58)94-74(50)86-70(54)82(62(42)61)98(97)114(124)102(86)106(94)118(110)126(117,124)134-128-120/h1-2H2. The van der Waals surface area contributed by atoms with Crippen LogP contribution >= 0.6 is 0 Å². The highest BCUT2D eigenvalue weighted by Crippen LogP contribution is 2.91. The van der Waals surface area contributed by atoms with E-state index in [4.69, 9.17) is 29.5 Å². The van der Waals surface area contributed by atoms with Crippen molar-refractivity contribution in [1.82, 2.24) is 0 Å². The molecule has 56 aromatic carbocycles. The summed E-state index contributed by atoms with van der Waals surface area (Å²) < 4.78 is 14.7. The van der Waals surface area contributed by atoms with Crippen LogP contribution in [0.3, 0.4) is 0 Å². The molecule has 134 heavy (non-hydrogen) atoms. The molecule has 0 fully saturated rings. The number of carbonyl (C=O) groups excluding carboxylic acids is 2. The predicted octanol–water partition coefficient (Wildman–Crippen LogP) is 31.4. The van der Waals surface area contributed by atoms with Gasteiger partial charge in [-0.25, -0.2) is 9.59 Å². The second-order valence-electron chi connectivity index (χ2n) is 48.7. The van der Waals surface area contributed by atoms with Crippen molar-refractivity contribution in [3.63, 3.8) is 0 Å². The van der Waals surface area contributed by atoms with Gasteiger partial charge in [0.05, 0.1) is 0 Å². The molecule has 8 heteroatoms. The molecule has 2 heterocycles. The minimum absolute atomic E-state index is 0.208. The third kappa shape index (κ3) is 2.52. The molecule has 0 amide bonds. The van der Waals surface area contributed by atoms with Gasteiger partial charge in [0.2, 0.25) is 11.2 Å². The van der Waals surface area contributed by atoms with Crippen molar-refractivity contribution in [2.75, 3.05) is 13.2 Å². The van der Waals surface area contributed by atoms with Gasteiger partial charge >= 0.3 is 11.9 Å². The van der Waals surface area contributed by atoms with Gasteiger partial charge in [0.25, 0.3) is 0 Å². The molecule has 0 saturated heterocycles. The molecule has 8 aliphatic carbocycles. The molecule has 0 atom stereocenters. The molecule has 0 saturated carbocycles. The lowest BCUT2D eigenvalue weighted by Crippen LogP contribution is -2.56. The molecule has 8 nitrogen and oxygen atoms in total. The summed E-state index contributed by atoms with van der Waals surface area (Å²) in [7, 11) is 0. The lowest BCUT2D eigenvalue weighted by molar-refractivity contribution is -0.144. The number of hydrogen-bond donors (Lipinski definition) is 0. The van der Waals surface area contributed by atoms with Crippen LogP contribution in [-0.2, 0) is 50.8 Å². The number of esters is 2. The van der Waals surface area contributed by atoms with Gasteiger partial charge in [-0.15, -0.1) is 0 Å². The van der Waals surface area contributed by atoms with Crippen LogP contribution in [0.5, 0.6) is 0 Å². The number of benzene rings is 36. The maximum atomic E-state index is 17.8. The van der Waals surface area contributed by atoms with Crippen LogP contribution in [0.15, 0.2) is 10.3 Å². The third-order valence-electron chi connectivity index (χ3n) is 48.7. The maximum Gasteiger partial charge on any atom is 0.357 e. The van der Waals surface area contributed by atoms with E-state index in [0.29, 0.717) is 11.4 Å². The minimum atomic E-state index is -1.28. The molecule has 0 aromatic heterocycles. The molecule has 0 bridgehead atoms. The van der Waals surface area contributed by atoms with Gasteiger partial charge in [0.1, 0.15) is 24.0 Å².